The highest BCUT2D eigenvalue weighted by Gasteiger charge is 2.06. The fourth-order valence-corrected chi connectivity index (χ4v) is 1.26. The lowest BCUT2D eigenvalue weighted by Gasteiger charge is -2.15. The van der Waals surface area contributed by atoms with Gasteiger partial charge in [0.2, 0.25) is 0 Å². The molecular weight excluding hydrogens is 178 g/mol. The Hall–Kier alpha value is -0.870. The summed E-state index contributed by atoms with van der Waals surface area (Å²) < 4.78 is 1.95. The molecule has 0 amide bonds. The summed E-state index contributed by atoms with van der Waals surface area (Å²) in [6, 6.07) is 0.411. The Morgan fingerprint density at radius 3 is 2.79 bits per heavy atom. The van der Waals surface area contributed by atoms with E-state index in [0.717, 1.165) is 5.82 Å². The minimum atomic E-state index is -0.356. The van der Waals surface area contributed by atoms with E-state index in [2.05, 4.69) is 24.1 Å². The molecular formula is C10H19N3O. The van der Waals surface area contributed by atoms with Crippen LogP contribution in [0.25, 0.3) is 0 Å². The van der Waals surface area contributed by atoms with E-state index in [9.17, 15) is 5.11 Å². The van der Waals surface area contributed by atoms with Crippen LogP contribution in [0.1, 0.15) is 19.7 Å². The maximum Gasteiger partial charge on any atom is 0.105 e. The number of aromatic nitrogens is 2. The Morgan fingerprint density at radius 1 is 1.57 bits per heavy atom. The minimum Gasteiger partial charge on any atom is -0.390 e. The maximum atomic E-state index is 9.68. The van der Waals surface area contributed by atoms with Crippen molar-refractivity contribution in [3.05, 3.63) is 18.2 Å². The first-order valence-electron chi connectivity index (χ1n) is 4.98. The number of hydrogen-bond acceptors (Lipinski definition) is 3. The summed E-state index contributed by atoms with van der Waals surface area (Å²) in [4.78, 5) is 4.10. The van der Waals surface area contributed by atoms with Gasteiger partial charge in [-0.1, -0.05) is 13.8 Å². The summed E-state index contributed by atoms with van der Waals surface area (Å²) in [5.74, 6) is 0.939. The number of rotatable bonds is 5. The van der Waals surface area contributed by atoms with Gasteiger partial charge in [0, 0.05) is 25.0 Å². The highest BCUT2D eigenvalue weighted by molar-refractivity contribution is 4.89. The smallest absolute Gasteiger partial charge is 0.105 e. The maximum absolute atomic E-state index is 9.68. The standard InChI is InChI=1S/C10H19N3O/c1-8(2)12-6-10(14)7-13-5-4-11-9(13)3/h4-5,8,10,12,14H,6-7H2,1-3H3. The Balaban J connectivity index is 2.34. The van der Waals surface area contributed by atoms with Crippen molar-refractivity contribution in [2.75, 3.05) is 6.54 Å². The number of aliphatic hydroxyl groups excluding tert-OH is 1. The fourth-order valence-electron chi connectivity index (χ4n) is 1.26. The predicted octanol–water partition coefficient (Wildman–Crippen LogP) is 0.550. The quantitative estimate of drug-likeness (QED) is 0.725. The number of nitrogens with zero attached hydrogens (tertiary/aromatic N) is 2. The highest BCUT2D eigenvalue weighted by atomic mass is 16.3. The van der Waals surface area contributed by atoms with E-state index in [1.54, 1.807) is 6.20 Å². The molecule has 0 radical (unpaired) electrons. The molecule has 1 unspecified atom stereocenters. The zero-order valence-corrected chi connectivity index (χ0v) is 9.07. The van der Waals surface area contributed by atoms with Crippen molar-refractivity contribution >= 4 is 0 Å². The molecule has 1 rings (SSSR count). The zero-order chi connectivity index (χ0) is 10.6. The lowest BCUT2D eigenvalue weighted by Crippen LogP contribution is -2.34. The third kappa shape index (κ3) is 3.47. The summed E-state index contributed by atoms with van der Waals surface area (Å²) in [5, 5.41) is 12.9. The number of hydrogen-bond donors (Lipinski definition) is 2. The van der Waals surface area contributed by atoms with Gasteiger partial charge in [-0.3, -0.25) is 0 Å². The van der Waals surface area contributed by atoms with E-state index in [4.69, 9.17) is 0 Å². The topological polar surface area (TPSA) is 50.1 Å². The summed E-state index contributed by atoms with van der Waals surface area (Å²) >= 11 is 0. The molecule has 1 aromatic rings. The summed E-state index contributed by atoms with van der Waals surface area (Å²) in [7, 11) is 0. The van der Waals surface area contributed by atoms with Crippen LogP contribution in [0.3, 0.4) is 0 Å². The van der Waals surface area contributed by atoms with Crippen LogP contribution in [0.15, 0.2) is 12.4 Å². The normalized spacial score (nSPS) is 13.5. The summed E-state index contributed by atoms with van der Waals surface area (Å²) in [6.07, 6.45) is 3.27. The van der Waals surface area contributed by atoms with Crippen molar-refractivity contribution in [2.24, 2.45) is 0 Å². The second-order valence-corrected chi connectivity index (χ2v) is 3.84. The Labute approximate surface area is 85.0 Å². The number of nitrogens with one attached hydrogen (secondary N) is 1. The van der Waals surface area contributed by atoms with Crippen LogP contribution in [0.5, 0.6) is 0 Å². The van der Waals surface area contributed by atoms with Gasteiger partial charge in [0.05, 0.1) is 12.6 Å². The second-order valence-electron chi connectivity index (χ2n) is 3.84. The van der Waals surface area contributed by atoms with Gasteiger partial charge in [0.1, 0.15) is 5.82 Å². The molecule has 0 fully saturated rings. The highest BCUT2D eigenvalue weighted by Crippen LogP contribution is 1.97. The van der Waals surface area contributed by atoms with Crippen LogP contribution in [-0.4, -0.2) is 33.3 Å². The first kappa shape index (κ1) is 11.2. The SMILES string of the molecule is Cc1nccn1CC(O)CNC(C)C. The minimum absolute atomic E-state index is 0.356. The lowest BCUT2D eigenvalue weighted by molar-refractivity contribution is 0.148. The van der Waals surface area contributed by atoms with Crippen LogP contribution >= 0.6 is 0 Å². The number of aryl methyl sites for hydroxylation is 1. The Kier molecular flexibility index (Phi) is 4.10. The average Bonchev–Trinajstić information content (AvgIpc) is 2.49. The van der Waals surface area contributed by atoms with Crippen molar-refractivity contribution in [1.82, 2.24) is 14.9 Å². The number of aliphatic hydroxyl groups is 1. The molecule has 1 heterocycles. The monoisotopic (exact) mass is 197 g/mol. The van der Waals surface area contributed by atoms with Crippen LogP contribution in [-0.2, 0) is 6.54 Å². The van der Waals surface area contributed by atoms with E-state index < -0.39 is 0 Å². The van der Waals surface area contributed by atoms with Gasteiger partial charge in [0.15, 0.2) is 0 Å². The van der Waals surface area contributed by atoms with Gasteiger partial charge >= 0.3 is 0 Å². The van der Waals surface area contributed by atoms with Gasteiger partial charge in [-0.2, -0.15) is 0 Å². The van der Waals surface area contributed by atoms with Crippen molar-refractivity contribution in [3.8, 4) is 0 Å². The molecule has 80 valence electrons. The van der Waals surface area contributed by atoms with Gasteiger partial charge in [-0.25, -0.2) is 4.98 Å². The molecule has 0 aliphatic rings. The average molecular weight is 197 g/mol. The van der Waals surface area contributed by atoms with Crippen molar-refractivity contribution in [3.63, 3.8) is 0 Å². The molecule has 0 aliphatic carbocycles. The molecule has 2 N–H and O–H groups in total. The first-order chi connectivity index (χ1) is 6.59. The van der Waals surface area contributed by atoms with E-state index in [1.165, 1.54) is 0 Å². The van der Waals surface area contributed by atoms with E-state index >= 15 is 0 Å². The van der Waals surface area contributed by atoms with Crippen LogP contribution in [0.4, 0.5) is 0 Å². The van der Waals surface area contributed by atoms with Gasteiger partial charge in [-0.05, 0) is 6.92 Å². The van der Waals surface area contributed by atoms with Crippen molar-refractivity contribution < 1.29 is 5.11 Å². The number of imidazole rings is 1. The van der Waals surface area contributed by atoms with Crippen LogP contribution in [0.2, 0.25) is 0 Å². The summed E-state index contributed by atoms with van der Waals surface area (Å²) in [6.45, 7) is 7.29. The molecule has 0 aromatic carbocycles. The van der Waals surface area contributed by atoms with E-state index in [-0.39, 0.29) is 6.10 Å². The lowest BCUT2D eigenvalue weighted by atomic mass is 10.3. The molecule has 14 heavy (non-hydrogen) atoms. The molecule has 0 aliphatic heterocycles. The van der Waals surface area contributed by atoms with E-state index in [0.29, 0.717) is 19.1 Å². The van der Waals surface area contributed by atoms with Gasteiger partial charge in [-0.15, -0.1) is 0 Å². The predicted molar refractivity (Wildman–Crippen MR) is 56.1 cm³/mol. The fraction of sp³-hybridized carbons (Fsp3) is 0.700. The third-order valence-corrected chi connectivity index (χ3v) is 2.09. The van der Waals surface area contributed by atoms with Gasteiger partial charge < -0.3 is 15.0 Å². The molecule has 0 spiro atoms. The zero-order valence-electron chi connectivity index (χ0n) is 9.07. The molecule has 1 atom stereocenters. The second kappa shape index (κ2) is 5.12. The Bertz CT molecular complexity index is 270. The molecule has 4 heteroatoms. The molecule has 1 aromatic heterocycles. The van der Waals surface area contributed by atoms with Crippen molar-refractivity contribution in [2.45, 2.75) is 39.5 Å². The molecule has 0 saturated carbocycles. The van der Waals surface area contributed by atoms with Crippen LogP contribution < -0.4 is 5.32 Å². The van der Waals surface area contributed by atoms with Crippen molar-refractivity contribution in [1.29, 1.82) is 0 Å². The molecule has 4 nitrogen and oxygen atoms in total. The third-order valence-electron chi connectivity index (χ3n) is 2.09. The largest absolute Gasteiger partial charge is 0.390 e. The molecule has 0 saturated heterocycles. The Morgan fingerprint density at radius 2 is 2.29 bits per heavy atom. The van der Waals surface area contributed by atoms with E-state index in [1.807, 2.05) is 17.7 Å². The first-order valence-corrected chi connectivity index (χ1v) is 4.98. The van der Waals surface area contributed by atoms with Crippen LogP contribution in [0, 0.1) is 6.92 Å². The molecule has 0 bridgehead atoms. The summed E-state index contributed by atoms with van der Waals surface area (Å²) in [5.41, 5.74) is 0. The van der Waals surface area contributed by atoms with Gasteiger partial charge in [0.25, 0.3) is 0 Å².